The first kappa shape index (κ1) is 18.7. The fourth-order valence-electron chi connectivity index (χ4n) is 1.97. The van der Waals surface area contributed by atoms with Crippen LogP contribution in [0.25, 0.3) is 0 Å². The van der Waals surface area contributed by atoms with Gasteiger partial charge >= 0.3 is 5.97 Å². The maximum atomic E-state index is 12.1. The first-order valence-corrected chi connectivity index (χ1v) is 9.74. The van der Waals surface area contributed by atoms with E-state index in [1.165, 1.54) is 7.11 Å². The molecule has 0 spiro atoms. The highest BCUT2D eigenvalue weighted by atomic mass is 32.2. The van der Waals surface area contributed by atoms with Crippen molar-refractivity contribution in [2.24, 2.45) is 0 Å². The minimum atomic E-state index is -0.662. The van der Waals surface area contributed by atoms with E-state index >= 15 is 0 Å². The highest BCUT2D eigenvalue weighted by molar-refractivity contribution is 8.03. The molecule has 0 fully saturated rings. The Hall–Kier alpha value is -0.310. The number of esters is 1. The molecule has 1 N–H and O–H groups in total. The lowest BCUT2D eigenvalue weighted by atomic mass is 9.96. The Labute approximate surface area is 139 Å². The molecule has 1 heterocycles. The van der Waals surface area contributed by atoms with Crippen LogP contribution in [0.4, 0.5) is 0 Å². The van der Waals surface area contributed by atoms with E-state index in [0.29, 0.717) is 6.42 Å². The predicted molar refractivity (Wildman–Crippen MR) is 90.3 cm³/mol. The fourth-order valence-corrected chi connectivity index (χ4v) is 4.90. The molecule has 2 atom stereocenters. The molecule has 0 saturated carbocycles. The number of rotatable bonds is 9. The van der Waals surface area contributed by atoms with Crippen molar-refractivity contribution in [2.75, 3.05) is 19.9 Å². The maximum absolute atomic E-state index is 12.1. The van der Waals surface area contributed by atoms with Crippen molar-refractivity contribution in [3.63, 3.8) is 0 Å². The number of thioether (sulfide) groups is 2. The van der Waals surface area contributed by atoms with Gasteiger partial charge in [-0.15, -0.1) is 10.2 Å². The number of carbonyl (C=O) groups excluding carboxylic acids is 1. The molecule has 1 rings (SSSR count). The third-order valence-corrected chi connectivity index (χ3v) is 6.05. The molecule has 5 nitrogen and oxygen atoms in total. The summed E-state index contributed by atoms with van der Waals surface area (Å²) in [4.78, 5) is 12.1. The maximum Gasteiger partial charge on any atom is 0.325 e. The Morgan fingerprint density at radius 3 is 2.67 bits per heavy atom. The molecule has 21 heavy (non-hydrogen) atoms. The summed E-state index contributed by atoms with van der Waals surface area (Å²) in [5.41, 5.74) is -0.662. The SMILES string of the molecule is CCCNC(C)(CC(C)Sc1nnc(SC)s1)C(=O)OC. The highest BCUT2D eigenvalue weighted by Gasteiger charge is 2.35. The van der Waals surface area contributed by atoms with Gasteiger partial charge < -0.3 is 10.1 Å². The first-order chi connectivity index (χ1) is 9.95. The quantitative estimate of drug-likeness (QED) is 0.543. The second-order valence-corrected chi connectivity index (χ2v) is 8.64. The average Bonchev–Trinajstić information content (AvgIpc) is 2.91. The third-order valence-electron chi connectivity index (χ3n) is 2.96. The van der Waals surface area contributed by atoms with E-state index in [4.69, 9.17) is 4.74 Å². The molecule has 0 aromatic carbocycles. The van der Waals surface area contributed by atoms with Crippen molar-refractivity contribution in [3.8, 4) is 0 Å². The van der Waals surface area contributed by atoms with Crippen molar-refractivity contribution in [2.45, 2.75) is 53.1 Å². The van der Waals surface area contributed by atoms with Crippen molar-refractivity contribution >= 4 is 40.8 Å². The van der Waals surface area contributed by atoms with Crippen LogP contribution < -0.4 is 5.32 Å². The van der Waals surface area contributed by atoms with E-state index in [-0.39, 0.29) is 11.2 Å². The average molecular weight is 350 g/mol. The zero-order valence-electron chi connectivity index (χ0n) is 13.1. The van der Waals surface area contributed by atoms with Crippen molar-refractivity contribution < 1.29 is 9.53 Å². The van der Waals surface area contributed by atoms with Crippen molar-refractivity contribution in [1.82, 2.24) is 15.5 Å². The number of nitrogens with zero attached hydrogens (tertiary/aromatic N) is 2. The lowest BCUT2D eigenvalue weighted by molar-refractivity contribution is -0.148. The Kier molecular flexibility index (Phi) is 8.00. The smallest absolute Gasteiger partial charge is 0.325 e. The molecular formula is C13H23N3O2S3. The summed E-state index contributed by atoms with van der Waals surface area (Å²) in [6.07, 6.45) is 3.64. The number of hydrogen-bond donors (Lipinski definition) is 1. The lowest BCUT2D eigenvalue weighted by Gasteiger charge is -2.30. The fraction of sp³-hybridized carbons (Fsp3) is 0.769. The molecule has 0 saturated heterocycles. The molecule has 0 amide bonds. The molecule has 0 aliphatic carbocycles. The number of nitrogens with one attached hydrogen (secondary N) is 1. The summed E-state index contributed by atoms with van der Waals surface area (Å²) in [5, 5.41) is 11.8. The Bertz CT molecular complexity index is 456. The van der Waals surface area contributed by atoms with Crippen LogP contribution >= 0.6 is 34.9 Å². The van der Waals surface area contributed by atoms with Gasteiger partial charge in [-0.25, -0.2) is 0 Å². The zero-order valence-corrected chi connectivity index (χ0v) is 15.6. The van der Waals surface area contributed by atoms with E-state index in [9.17, 15) is 4.79 Å². The van der Waals surface area contributed by atoms with Gasteiger partial charge in [0, 0.05) is 5.25 Å². The van der Waals surface area contributed by atoms with E-state index in [1.807, 2.05) is 13.2 Å². The number of carbonyl (C=O) groups is 1. The summed E-state index contributed by atoms with van der Waals surface area (Å²) in [7, 11) is 1.43. The molecule has 2 unspecified atom stereocenters. The number of hydrogen-bond acceptors (Lipinski definition) is 8. The van der Waals surface area contributed by atoms with Crippen LogP contribution in [0.2, 0.25) is 0 Å². The van der Waals surface area contributed by atoms with Crippen molar-refractivity contribution in [3.05, 3.63) is 0 Å². The molecule has 1 aromatic heterocycles. The molecule has 120 valence electrons. The summed E-state index contributed by atoms with van der Waals surface area (Å²) >= 11 is 4.83. The van der Waals surface area contributed by atoms with Crippen LogP contribution in [0, 0.1) is 0 Å². The minimum absolute atomic E-state index is 0.217. The molecule has 0 aliphatic heterocycles. The summed E-state index contributed by atoms with van der Waals surface area (Å²) < 4.78 is 6.85. The molecule has 0 bridgehead atoms. The highest BCUT2D eigenvalue weighted by Crippen LogP contribution is 2.33. The van der Waals surface area contributed by atoms with Crippen LogP contribution in [0.5, 0.6) is 0 Å². The van der Waals surface area contributed by atoms with Gasteiger partial charge in [-0.3, -0.25) is 4.79 Å². The third kappa shape index (κ3) is 5.77. The number of methoxy groups -OCH3 is 1. The molecule has 1 aromatic rings. The molecule has 0 radical (unpaired) electrons. The zero-order chi connectivity index (χ0) is 15.9. The van der Waals surface area contributed by atoms with Crippen LogP contribution in [0.15, 0.2) is 8.68 Å². The number of ether oxygens (including phenoxy) is 1. The molecule has 8 heteroatoms. The standard InChI is InChI=1S/C13H23N3O2S3/c1-6-7-14-13(3,10(17)18-4)8-9(2)20-12-16-15-11(19-5)21-12/h9,14H,6-8H2,1-5H3. The van der Waals surface area contributed by atoms with Gasteiger partial charge in [-0.1, -0.05) is 48.7 Å². The van der Waals surface area contributed by atoms with Crippen LogP contribution in [-0.4, -0.2) is 46.9 Å². The van der Waals surface area contributed by atoms with E-state index < -0.39 is 5.54 Å². The Morgan fingerprint density at radius 2 is 2.14 bits per heavy atom. The predicted octanol–water partition coefficient (Wildman–Crippen LogP) is 3.06. The summed E-state index contributed by atoms with van der Waals surface area (Å²) in [6.45, 7) is 6.87. The molecular weight excluding hydrogens is 326 g/mol. The van der Waals surface area contributed by atoms with Gasteiger partial charge in [0.05, 0.1) is 7.11 Å². The van der Waals surface area contributed by atoms with Crippen molar-refractivity contribution in [1.29, 1.82) is 0 Å². The van der Waals surface area contributed by atoms with E-state index in [2.05, 4.69) is 29.4 Å². The lowest BCUT2D eigenvalue weighted by Crippen LogP contribution is -2.51. The van der Waals surface area contributed by atoms with Gasteiger partial charge in [-0.2, -0.15) is 0 Å². The van der Waals surface area contributed by atoms with E-state index in [1.54, 1.807) is 34.9 Å². The van der Waals surface area contributed by atoms with Gasteiger partial charge in [0.2, 0.25) is 0 Å². The van der Waals surface area contributed by atoms with Gasteiger partial charge in [0.1, 0.15) is 5.54 Å². The monoisotopic (exact) mass is 349 g/mol. The topological polar surface area (TPSA) is 64.1 Å². The summed E-state index contributed by atoms with van der Waals surface area (Å²) in [5.74, 6) is -0.217. The second kappa shape index (κ2) is 8.97. The summed E-state index contributed by atoms with van der Waals surface area (Å²) in [6, 6.07) is 0. The van der Waals surface area contributed by atoms with Crippen LogP contribution in [0.3, 0.4) is 0 Å². The largest absolute Gasteiger partial charge is 0.468 e. The second-order valence-electron chi connectivity index (χ2n) is 4.92. The van der Waals surface area contributed by atoms with Gasteiger partial charge in [0.25, 0.3) is 0 Å². The van der Waals surface area contributed by atoms with Crippen LogP contribution in [0.1, 0.15) is 33.6 Å². The Balaban J connectivity index is 2.66. The first-order valence-electron chi connectivity index (χ1n) is 6.82. The Morgan fingerprint density at radius 1 is 1.48 bits per heavy atom. The normalized spacial score (nSPS) is 15.5. The van der Waals surface area contributed by atoms with Crippen LogP contribution in [-0.2, 0) is 9.53 Å². The van der Waals surface area contributed by atoms with Gasteiger partial charge in [0.15, 0.2) is 8.68 Å². The van der Waals surface area contributed by atoms with E-state index in [0.717, 1.165) is 21.6 Å². The molecule has 0 aliphatic rings. The minimum Gasteiger partial charge on any atom is -0.468 e. The number of aromatic nitrogens is 2. The van der Waals surface area contributed by atoms with Gasteiger partial charge in [-0.05, 0) is 32.6 Å².